The minimum atomic E-state index is -1.31. The summed E-state index contributed by atoms with van der Waals surface area (Å²) in [6.45, 7) is 11.0. The second-order valence-corrected chi connectivity index (χ2v) is 29.8. The van der Waals surface area contributed by atoms with Gasteiger partial charge >= 0.3 is 29.8 Å². The predicted molar refractivity (Wildman–Crippen MR) is 481 cm³/mol. The van der Waals surface area contributed by atoms with Gasteiger partial charge in [0.05, 0.1) is 150 Å². The van der Waals surface area contributed by atoms with Crippen LogP contribution in [0.2, 0.25) is 0 Å². The first-order valence-electron chi connectivity index (χ1n) is 40.0. The van der Waals surface area contributed by atoms with E-state index in [9.17, 15) is 80.2 Å². The molecule has 0 spiro atoms. The molecule has 0 bridgehead atoms. The first-order valence-corrected chi connectivity index (χ1v) is 40.0. The van der Waals surface area contributed by atoms with Gasteiger partial charge in [-0.25, -0.2) is 64.7 Å². The Bertz CT molecular complexity index is 6940. The molecule has 1 aliphatic rings. The van der Waals surface area contributed by atoms with Crippen LogP contribution in [0.15, 0.2) is 273 Å². The third kappa shape index (κ3) is 23.3. The number of pyridine rings is 5. The largest absolute Gasteiger partial charge is 0.478 e. The van der Waals surface area contributed by atoms with Crippen molar-refractivity contribution in [3.8, 4) is 67.7 Å². The van der Waals surface area contributed by atoms with Crippen molar-refractivity contribution in [3.63, 3.8) is 0 Å². The van der Waals surface area contributed by atoms with Crippen molar-refractivity contribution in [1.82, 2.24) is 45.1 Å². The van der Waals surface area contributed by atoms with Crippen LogP contribution in [0.1, 0.15) is 110 Å². The van der Waals surface area contributed by atoms with Gasteiger partial charge < -0.3 is 56.5 Å². The molecule has 0 saturated heterocycles. The molecule has 9 aromatic carbocycles. The average Bonchev–Trinajstić information content (AvgIpc) is 1.77. The Labute approximate surface area is 743 Å². The van der Waals surface area contributed by atoms with Crippen LogP contribution in [0.5, 0.6) is 0 Å². The lowest BCUT2D eigenvalue weighted by Gasteiger charge is -2.13. The van der Waals surface area contributed by atoms with Gasteiger partial charge in [-0.05, 0) is 228 Å². The summed E-state index contributed by atoms with van der Waals surface area (Å²) in [5, 5.41) is 69.6. The highest BCUT2D eigenvalue weighted by molar-refractivity contribution is 5.99. The van der Waals surface area contributed by atoms with Crippen LogP contribution in [-0.4, -0.2) is 100 Å². The van der Waals surface area contributed by atoms with E-state index >= 15 is 0 Å². The van der Waals surface area contributed by atoms with Gasteiger partial charge in [0, 0.05) is 47.1 Å². The van der Waals surface area contributed by atoms with Crippen LogP contribution in [-0.2, 0) is 0 Å². The molecule has 658 valence electrons. The lowest BCUT2D eigenvalue weighted by atomic mass is 10.0. The van der Waals surface area contributed by atoms with Crippen molar-refractivity contribution in [2.24, 2.45) is 0 Å². The number of carboxylic acids is 5. The number of anilines is 10. The van der Waals surface area contributed by atoms with Crippen molar-refractivity contribution >= 4 is 86.7 Å². The minimum Gasteiger partial charge on any atom is -0.478 e. The van der Waals surface area contributed by atoms with E-state index < -0.39 is 70.3 Å². The van der Waals surface area contributed by atoms with Crippen molar-refractivity contribution in [3.05, 3.63) is 376 Å². The van der Waals surface area contributed by atoms with Crippen LogP contribution in [0.4, 0.5) is 87.6 Å². The van der Waals surface area contributed by atoms with Crippen molar-refractivity contribution in [2.75, 3.05) is 26.6 Å². The number of benzene rings is 9. The molecule has 0 unspecified atom stereocenters. The lowest BCUT2D eigenvalue weighted by molar-refractivity contribution is 0.0686. The van der Waals surface area contributed by atoms with Gasteiger partial charge in [0.15, 0.2) is 23.3 Å². The van der Waals surface area contributed by atoms with E-state index in [1.807, 2.05) is 75.4 Å². The molecular weight excluding hydrogens is 1690 g/mol. The first kappa shape index (κ1) is 91.5. The molecule has 16 aromatic rings. The fourth-order valence-electron chi connectivity index (χ4n) is 13.4. The Kier molecular flexibility index (Phi) is 28.8. The van der Waals surface area contributed by atoms with E-state index in [1.165, 1.54) is 79.5 Å². The molecule has 1 saturated carbocycles. The predicted octanol–water partition coefficient (Wildman–Crippen LogP) is 23.5. The number of aryl methyl sites for hydroxylation is 6. The molecule has 25 nitrogen and oxygen atoms in total. The van der Waals surface area contributed by atoms with E-state index in [1.54, 1.807) is 137 Å². The second kappa shape index (κ2) is 41.3. The number of carbonyl (C=O) groups is 5. The number of nitrogens with zero attached hydrogens (tertiary/aromatic N) is 9. The van der Waals surface area contributed by atoms with Gasteiger partial charge in [-0.2, -0.15) is 0 Å². The number of hydrogen-bond acceptors (Lipinski definition) is 20. The highest BCUT2D eigenvalue weighted by Gasteiger charge is 2.28. The molecule has 1 aliphatic carbocycles. The summed E-state index contributed by atoms with van der Waals surface area (Å²) in [6, 6.07) is 57.5. The van der Waals surface area contributed by atoms with E-state index in [2.05, 4.69) is 71.7 Å². The summed E-state index contributed by atoms with van der Waals surface area (Å²) in [5.74, 6) is -10.4. The highest BCUT2D eigenvalue weighted by Crippen LogP contribution is 2.43. The average molecular weight is 1770 g/mol. The SMILES string of the molecule is Cc1ccc(Nc2ccc(-c3c(F)ccc(F)c3F)nc2)c(C(=O)O)c1.Cc1ccc(Nc2ccc(-c3cccc(-c4nnc(C)o4)c3)nc2)c(C(=O)O)c1.Cc1ccc(Nc2ccc(-c3cccc(F)c3F)nc2)c(C(=O)O)c1.Cc1ccc(Nc2cnc(-c3cncnc3)c(C)c2)c(C(=O)O)c1.O=C(O)c1cc(C2CC2)cc(F)c1Nc1ccc(-c2ccccc2F)nc1. The number of rotatable bonds is 22. The van der Waals surface area contributed by atoms with Crippen LogP contribution >= 0.6 is 0 Å². The molecule has 0 aliphatic heterocycles. The van der Waals surface area contributed by atoms with Gasteiger partial charge in [0.2, 0.25) is 11.8 Å². The maximum atomic E-state index is 14.5. The third-order valence-corrected chi connectivity index (χ3v) is 20.0. The summed E-state index contributed by atoms with van der Waals surface area (Å²) >= 11 is 0. The lowest BCUT2D eigenvalue weighted by Crippen LogP contribution is -2.06. The van der Waals surface area contributed by atoms with Crippen LogP contribution in [0, 0.1) is 82.3 Å². The van der Waals surface area contributed by atoms with Crippen LogP contribution in [0.3, 0.4) is 0 Å². The summed E-state index contributed by atoms with van der Waals surface area (Å²) in [5.41, 5.74) is 14.7. The molecule has 32 heteroatoms. The Hall–Kier alpha value is -17.2. The summed E-state index contributed by atoms with van der Waals surface area (Å²) in [6.07, 6.45) is 14.3. The molecule has 0 atom stereocenters. The number of aromatic nitrogens is 9. The minimum absolute atomic E-state index is 0.0631. The normalized spacial score (nSPS) is 11.2. The molecule has 0 amide bonds. The Morgan fingerprint density at radius 2 is 0.771 bits per heavy atom. The Balaban J connectivity index is 0.000000140. The summed E-state index contributed by atoms with van der Waals surface area (Å²) in [7, 11) is 0. The number of aromatic carboxylic acids is 5. The topological polar surface area (TPSA) is 376 Å². The first-order chi connectivity index (χ1) is 62.9. The number of halogens is 7. The molecule has 7 heterocycles. The number of hydrogen-bond donors (Lipinski definition) is 10. The van der Waals surface area contributed by atoms with E-state index in [4.69, 9.17) is 4.42 Å². The van der Waals surface area contributed by atoms with Crippen LogP contribution in [0.25, 0.3) is 67.7 Å². The fraction of sp³-hybridized carbons (Fsp3) is 0.0909. The van der Waals surface area contributed by atoms with Crippen molar-refractivity contribution in [2.45, 2.75) is 60.3 Å². The third-order valence-electron chi connectivity index (χ3n) is 20.0. The maximum Gasteiger partial charge on any atom is 0.337 e. The summed E-state index contributed by atoms with van der Waals surface area (Å²) in [4.78, 5) is 86.3. The monoisotopic (exact) mass is 1770 g/mol. The Morgan fingerprint density at radius 3 is 1.24 bits per heavy atom. The molecule has 10 N–H and O–H groups in total. The number of nitrogens with one attached hydrogen (secondary N) is 5. The van der Waals surface area contributed by atoms with Gasteiger partial charge in [0.25, 0.3) is 0 Å². The molecule has 0 radical (unpaired) electrons. The molecule has 1 fully saturated rings. The van der Waals surface area contributed by atoms with Gasteiger partial charge in [-0.3, -0.25) is 24.9 Å². The molecular formula is C99H77F7N14O11. The standard InChI is InChI=1S/C22H18N4O3.C21H16F2N2O2.C19H13F3N2O2.C19H14F2N2O2.C18H16N4O2/c1-13-6-8-20(18(10-13)22(27)28)24-17-7-9-19(23-12-17)15-4-3-5-16(11-15)21-26-25-14(2)29-21;22-17-4-2-1-3-15(17)19-8-7-14(11-24-19)25-20-16(21(26)27)9-13(10-18(20)23)12-5-6-12;1-10-2-6-15(12(8-10)19(25)26)24-11-3-7-16(23-9-11)17-13(20)4-5-14(21)18(17)22;1-11-5-7-17(14(9-11)19(24)25)23-12-6-8-16(22-10-12)13-3-2-4-15(20)18(13)21;1-11-3-4-16(15(5-11)18(23)24)22-14-6-12(2)17(21-9-14)13-7-19-10-20-8-13/h3-12,24H,1-2H3,(H,27,28);1-4,7-12,25H,5-6H2,(H,26,27);2-9,24H,1H3,(H,25,26);2-10,23H,1H3,(H,24,25);3-10,22H,1-2H3,(H,23,24). The second-order valence-electron chi connectivity index (χ2n) is 29.8. The van der Waals surface area contributed by atoms with Crippen molar-refractivity contribution < 1.29 is 84.7 Å². The maximum absolute atomic E-state index is 14.5. The Morgan fingerprint density at radius 1 is 0.344 bits per heavy atom. The quantitative estimate of drug-likeness (QED) is 0.0222. The highest BCUT2D eigenvalue weighted by atomic mass is 19.2. The molecule has 7 aromatic heterocycles. The van der Waals surface area contributed by atoms with Gasteiger partial charge in [-0.1, -0.05) is 76.9 Å². The zero-order valence-corrected chi connectivity index (χ0v) is 70.3. The smallest absolute Gasteiger partial charge is 0.337 e. The van der Waals surface area contributed by atoms with Gasteiger partial charge in [-0.15, -0.1) is 10.2 Å². The summed E-state index contributed by atoms with van der Waals surface area (Å²) < 4.78 is 102. The molecule has 17 rings (SSSR count). The zero-order valence-electron chi connectivity index (χ0n) is 70.3. The van der Waals surface area contributed by atoms with Gasteiger partial charge in [0.1, 0.15) is 23.8 Å². The van der Waals surface area contributed by atoms with E-state index in [0.29, 0.717) is 80.2 Å². The fourth-order valence-corrected chi connectivity index (χ4v) is 13.4. The zero-order chi connectivity index (χ0) is 93.3. The number of carboxylic acid groups (broad SMARTS) is 5. The van der Waals surface area contributed by atoms with Crippen LogP contribution < -0.4 is 26.6 Å². The van der Waals surface area contributed by atoms with Crippen molar-refractivity contribution in [1.29, 1.82) is 0 Å². The van der Waals surface area contributed by atoms with E-state index in [0.717, 1.165) is 86.6 Å². The molecule has 131 heavy (non-hydrogen) atoms. The van der Waals surface area contributed by atoms with E-state index in [-0.39, 0.29) is 62.2 Å².